The Morgan fingerprint density at radius 3 is 2.58 bits per heavy atom. The Morgan fingerprint density at radius 2 is 1.94 bits per heavy atom. The molecule has 0 bridgehead atoms. The van der Waals surface area contributed by atoms with Crippen molar-refractivity contribution >= 4 is 18.2 Å². The molecule has 4 rings (SSSR count). The summed E-state index contributed by atoms with van der Waals surface area (Å²) < 4.78 is 22.0. The van der Waals surface area contributed by atoms with Crippen LogP contribution >= 0.6 is 12.4 Å². The second-order valence-electron chi connectivity index (χ2n) is 7.88. The van der Waals surface area contributed by atoms with Crippen LogP contribution < -0.4 is 16.2 Å². The Labute approximate surface area is 211 Å². The minimum atomic E-state index is -0.702. The maximum atomic E-state index is 15.6. The second kappa shape index (κ2) is 11.6. The number of nitrogen functional groups attached to an aromatic ring is 1. The molecule has 36 heavy (non-hydrogen) atoms. The first-order valence-electron chi connectivity index (χ1n) is 10.8. The zero-order chi connectivity index (χ0) is 24.9. The van der Waals surface area contributed by atoms with Crippen LogP contribution in [0.5, 0.6) is 5.75 Å². The number of aromatic amines is 1. The lowest BCUT2D eigenvalue weighted by Gasteiger charge is -2.19. The number of benzene rings is 2. The smallest absolute Gasteiger partial charge is 0.350 e. The normalized spacial score (nSPS) is 11.5. The predicted octanol–water partition coefficient (Wildman–Crippen LogP) is 2.25. The van der Waals surface area contributed by atoms with Crippen LogP contribution in [0.1, 0.15) is 34.0 Å². The largest absolute Gasteiger partial charge is 0.488 e. The molecule has 0 saturated carbocycles. The van der Waals surface area contributed by atoms with Crippen molar-refractivity contribution in [2.75, 3.05) is 13.2 Å². The molecule has 0 saturated heterocycles. The first kappa shape index (κ1) is 26.5. The molecule has 1 unspecified atom stereocenters. The molecule has 0 aliphatic carbocycles. The van der Waals surface area contributed by atoms with Crippen molar-refractivity contribution in [3.63, 3.8) is 0 Å². The minimum absolute atomic E-state index is 0. The van der Waals surface area contributed by atoms with Crippen LogP contribution in [0.15, 0.2) is 59.7 Å². The van der Waals surface area contributed by atoms with Gasteiger partial charge in [0.1, 0.15) is 18.3 Å². The number of amidine groups is 1. The fourth-order valence-electron chi connectivity index (χ4n) is 3.72. The maximum Gasteiger partial charge on any atom is 0.350 e. The van der Waals surface area contributed by atoms with Gasteiger partial charge in [0.15, 0.2) is 11.6 Å². The Morgan fingerprint density at radius 1 is 1.25 bits per heavy atom. The number of aromatic nitrogens is 5. The van der Waals surface area contributed by atoms with Crippen molar-refractivity contribution in [3.8, 4) is 11.7 Å². The van der Waals surface area contributed by atoms with E-state index in [-0.39, 0.29) is 61.0 Å². The maximum absolute atomic E-state index is 15.6. The van der Waals surface area contributed by atoms with Crippen molar-refractivity contribution in [1.82, 2.24) is 24.7 Å². The van der Waals surface area contributed by atoms with E-state index < -0.39 is 17.4 Å². The highest BCUT2D eigenvalue weighted by Gasteiger charge is 2.26. The summed E-state index contributed by atoms with van der Waals surface area (Å²) in [6.45, 7) is 1.48. The molecule has 0 amide bonds. The van der Waals surface area contributed by atoms with E-state index >= 15 is 4.39 Å². The van der Waals surface area contributed by atoms with Gasteiger partial charge in [-0.05, 0) is 36.6 Å². The number of hydrogen-bond acceptors (Lipinski definition) is 7. The van der Waals surface area contributed by atoms with Crippen LogP contribution in [0, 0.1) is 18.2 Å². The minimum Gasteiger partial charge on any atom is -0.488 e. The fourth-order valence-corrected chi connectivity index (χ4v) is 3.72. The molecule has 0 spiro atoms. The van der Waals surface area contributed by atoms with Crippen molar-refractivity contribution in [1.29, 1.82) is 5.41 Å². The summed E-state index contributed by atoms with van der Waals surface area (Å²) in [6.07, 6.45) is 3.25. The highest BCUT2D eigenvalue weighted by Crippen LogP contribution is 2.33. The van der Waals surface area contributed by atoms with Gasteiger partial charge in [-0.1, -0.05) is 30.3 Å². The van der Waals surface area contributed by atoms with E-state index in [9.17, 15) is 4.79 Å². The molecule has 5 N–H and O–H groups in total. The van der Waals surface area contributed by atoms with Gasteiger partial charge in [0, 0.05) is 23.5 Å². The number of hydrogen-bond donors (Lipinski definition) is 4. The molecule has 1 atom stereocenters. The lowest BCUT2D eigenvalue weighted by atomic mass is 9.89. The summed E-state index contributed by atoms with van der Waals surface area (Å²) in [5.41, 5.74) is 7.36. The predicted molar refractivity (Wildman–Crippen MR) is 134 cm³/mol. The first-order valence-corrected chi connectivity index (χ1v) is 10.8. The molecule has 0 aliphatic heterocycles. The van der Waals surface area contributed by atoms with E-state index in [0.717, 1.165) is 15.8 Å². The molecule has 188 valence electrons. The number of nitrogens with two attached hydrogens (primary N) is 1. The summed E-state index contributed by atoms with van der Waals surface area (Å²) in [5, 5.41) is 21.1. The number of nitrogens with one attached hydrogen (secondary N) is 2. The van der Waals surface area contributed by atoms with Crippen molar-refractivity contribution in [3.05, 3.63) is 99.2 Å². The number of aliphatic hydroxyl groups excluding tert-OH is 1. The topological polar surface area (TPSA) is 156 Å². The Balaban J connectivity index is 0.00000361. The van der Waals surface area contributed by atoms with Gasteiger partial charge in [-0.2, -0.15) is 0 Å². The fraction of sp³-hybridized carbons (Fsp3) is 0.208. The quantitative estimate of drug-likeness (QED) is 0.197. The molecule has 4 aromatic rings. The average molecular weight is 514 g/mol. The number of aliphatic hydroxyl groups is 1. The third-order valence-electron chi connectivity index (χ3n) is 5.35. The number of rotatable bonds is 9. The molecule has 0 radical (unpaired) electrons. The number of aryl methyl sites for hydroxylation is 1. The average Bonchev–Trinajstić information content (AvgIpc) is 3.25. The lowest BCUT2D eigenvalue weighted by Crippen LogP contribution is -2.18. The molecule has 2 aromatic carbocycles. The monoisotopic (exact) mass is 513 g/mol. The third kappa shape index (κ3) is 5.75. The van der Waals surface area contributed by atoms with Gasteiger partial charge in [-0.3, -0.25) is 10.4 Å². The van der Waals surface area contributed by atoms with E-state index in [4.69, 9.17) is 21.0 Å². The van der Waals surface area contributed by atoms with Gasteiger partial charge in [-0.15, -0.1) is 22.2 Å². The molecule has 0 aliphatic rings. The summed E-state index contributed by atoms with van der Waals surface area (Å²) in [5.74, 6) is -1.07. The van der Waals surface area contributed by atoms with Gasteiger partial charge < -0.3 is 15.6 Å². The third-order valence-corrected chi connectivity index (χ3v) is 5.35. The molecule has 2 aromatic heterocycles. The van der Waals surface area contributed by atoms with Crippen LogP contribution in [-0.2, 0) is 6.42 Å². The molecular formula is C24H25ClFN7O3. The molecule has 12 heteroatoms. The summed E-state index contributed by atoms with van der Waals surface area (Å²) in [4.78, 5) is 23.5. The van der Waals surface area contributed by atoms with Crippen molar-refractivity contribution < 1.29 is 14.2 Å². The van der Waals surface area contributed by atoms with Crippen molar-refractivity contribution in [2.24, 2.45) is 5.73 Å². The summed E-state index contributed by atoms with van der Waals surface area (Å²) in [7, 11) is 0. The van der Waals surface area contributed by atoms with Crippen LogP contribution in [-0.4, -0.2) is 48.9 Å². The number of halogens is 2. The van der Waals surface area contributed by atoms with E-state index in [2.05, 4.69) is 20.1 Å². The highest BCUT2D eigenvalue weighted by atomic mass is 35.5. The van der Waals surface area contributed by atoms with Crippen LogP contribution in [0.3, 0.4) is 0 Å². The van der Waals surface area contributed by atoms with Gasteiger partial charge in [-0.25, -0.2) is 19.2 Å². The van der Waals surface area contributed by atoms with E-state index in [1.807, 2.05) is 0 Å². The van der Waals surface area contributed by atoms with E-state index in [1.165, 1.54) is 12.4 Å². The van der Waals surface area contributed by atoms with E-state index in [0.29, 0.717) is 5.56 Å². The Bertz CT molecular complexity index is 1390. The van der Waals surface area contributed by atoms with Gasteiger partial charge in [0.25, 0.3) is 5.95 Å². The Kier molecular flexibility index (Phi) is 8.51. The summed E-state index contributed by atoms with van der Waals surface area (Å²) in [6, 6.07) is 11.8. The molecule has 2 heterocycles. The highest BCUT2D eigenvalue weighted by molar-refractivity contribution is 5.94. The standard InChI is InChI=1S/C24H24FN7O3.ClH/c1-14-11-17(20(25)19(12-14)35-10-9-33)18(13-15-3-5-16(6-4-15)21(26)27)22-30-24(34)32(31-22)23-28-7-2-8-29-23;/h2-8,11-12,18,33H,9-10,13H2,1H3,(H3,26,27)(H,30,31,34);1H. The lowest BCUT2D eigenvalue weighted by molar-refractivity contribution is 0.196. The number of ether oxygens (including phenoxy) is 1. The zero-order valence-corrected chi connectivity index (χ0v) is 20.1. The van der Waals surface area contributed by atoms with Crippen LogP contribution in [0.25, 0.3) is 5.95 Å². The van der Waals surface area contributed by atoms with Gasteiger partial charge in [0.2, 0.25) is 0 Å². The number of nitrogens with zero attached hydrogens (tertiary/aromatic N) is 4. The number of H-pyrrole nitrogens is 1. The SMILES string of the molecule is Cc1cc(OCCO)c(F)c(C(Cc2ccc(C(=N)N)cc2)c2nn(-c3ncccn3)c(=O)[nH]2)c1.Cl. The van der Waals surface area contributed by atoms with Gasteiger partial charge in [0.05, 0.1) is 12.5 Å². The molecular weight excluding hydrogens is 489 g/mol. The zero-order valence-electron chi connectivity index (χ0n) is 19.3. The summed E-state index contributed by atoms with van der Waals surface area (Å²) >= 11 is 0. The molecule has 10 nitrogen and oxygen atoms in total. The first-order chi connectivity index (χ1) is 16.9. The second-order valence-corrected chi connectivity index (χ2v) is 7.88. The Hall–Kier alpha value is -4.09. The molecule has 0 fully saturated rings. The van der Waals surface area contributed by atoms with Gasteiger partial charge >= 0.3 is 5.69 Å². The van der Waals surface area contributed by atoms with Crippen molar-refractivity contribution in [2.45, 2.75) is 19.3 Å². The van der Waals surface area contributed by atoms with Crippen LogP contribution in [0.4, 0.5) is 4.39 Å². The van der Waals surface area contributed by atoms with E-state index in [1.54, 1.807) is 49.4 Å². The van der Waals surface area contributed by atoms with Crippen LogP contribution in [0.2, 0.25) is 0 Å².